The maximum atomic E-state index is 5.57. The van der Waals surface area contributed by atoms with E-state index in [0.29, 0.717) is 6.54 Å². The Labute approximate surface area is 181 Å². The SMILES string of the molecule is CCCN(CCNCC)CCNCCN(CCNCCN)CCNCCNCC. The van der Waals surface area contributed by atoms with E-state index in [1.165, 1.54) is 13.0 Å². The minimum absolute atomic E-state index is 0.704. The summed E-state index contributed by atoms with van der Waals surface area (Å²) in [6, 6.07) is 0. The number of nitrogens with two attached hydrogens (primary N) is 1. The van der Waals surface area contributed by atoms with Crippen molar-refractivity contribution in [3.63, 3.8) is 0 Å². The Morgan fingerprint density at radius 1 is 0.483 bits per heavy atom. The zero-order valence-electron chi connectivity index (χ0n) is 19.7. The Morgan fingerprint density at radius 3 is 1.34 bits per heavy atom. The third-order valence-corrected chi connectivity index (χ3v) is 4.86. The van der Waals surface area contributed by atoms with E-state index >= 15 is 0 Å². The van der Waals surface area contributed by atoms with Crippen LogP contribution in [0.1, 0.15) is 27.2 Å². The molecule has 0 bridgehead atoms. The largest absolute Gasteiger partial charge is 0.329 e. The fourth-order valence-corrected chi connectivity index (χ4v) is 3.18. The highest BCUT2D eigenvalue weighted by Gasteiger charge is 2.06. The number of hydrogen-bond acceptors (Lipinski definition) is 8. The standard InChI is InChI=1S/C21H52N8/c1-4-16-28(17-11-24-6-3)18-14-27-15-21-29(19-12-25-8-7-22)20-13-26-10-9-23-5-2/h23-27H,4-22H2,1-3H3. The van der Waals surface area contributed by atoms with Gasteiger partial charge >= 0.3 is 0 Å². The molecule has 0 aromatic heterocycles. The van der Waals surface area contributed by atoms with Gasteiger partial charge in [-0.1, -0.05) is 20.8 Å². The van der Waals surface area contributed by atoms with Crippen LogP contribution in [0, 0.1) is 0 Å². The van der Waals surface area contributed by atoms with Gasteiger partial charge in [-0.25, -0.2) is 0 Å². The van der Waals surface area contributed by atoms with Crippen molar-refractivity contribution in [2.75, 3.05) is 111 Å². The summed E-state index contributed by atoms with van der Waals surface area (Å²) in [5.74, 6) is 0. The maximum Gasteiger partial charge on any atom is 0.0108 e. The number of nitrogens with zero attached hydrogens (tertiary/aromatic N) is 2. The summed E-state index contributed by atoms with van der Waals surface area (Å²) in [6.45, 7) is 24.3. The number of likely N-dealkylation sites (N-methyl/N-ethyl adjacent to an activating group) is 2. The molecule has 0 spiro atoms. The summed E-state index contributed by atoms with van der Waals surface area (Å²) in [5, 5.41) is 17.4. The molecule has 0 aliphatic carbocycles. The van der Waals surface area contributed by atoms with Crippen molar-refractivity contribution in [2.45, 2.75) is 27.2 Å². The highest BCUT2D eigenvalue weighted by Crippen LogP contribution is 1.90. The first-order valence-corrected chi connectivity index (χ1v) is 12.0. The van der Waals surface area contributed by atoms with Crippen LogP contribution in [0.5, 0.6) is 0 Å². The van der Waals surface area contributed by atoms with E-state index in [-0.39, 0.29) is 0 Å². The first-order valence-electron chi connectivity index (χ1n) is 12.0. The van der Waals surface area contributed by atoms with Crippen LogP contribution in [-0.2, 0) is 0 Å². The van der Waals surface area contributed by atoms with Crippen LogP contribution in [0.3, 0.4) is 0 Å². The van der Waals surface area contributed by atoms with Gasteiger partial charge in [-0.15, -0.1) is 0 Å². The summed E-state index contributed by atoms with van der Waals surface area (Å²) >= 11 is 0. The van der Waals surface area contributed by atoms with Crippen LogP contribution in [0.4, 0.5) is 0 Å². The Kier molecular flexibility index (Phi) is 23.7. The fraction of sp³-hybridized carbons (Fsp3) is 1.00. The summed E-state index contributed by atoms with van der Waals surface area (Å²) in [5.41, 5.74) is 5.57. The summed E-state index contributed by atoms with van der Waals surface area (Å²) in [7, 11) is 0. The van der Waals surface area contributed by atoms with Gasteiger partial charge in [-0.3, -0.25) is 4.90 Å². The lowest BCUT2D eigenvalue weighted by Crippen LogP contribution is -2.43. The molecule has 0 radical (unpaired) electrons. The highest BCUT2D eigenvalue weighted by atomic mass is 15.2. The van der Waals surface area contributed by atoms with Crippen LogP contribution in [-0.4, -0.2) is 121 Å². The van der Waals surface area contributed by atoms with Gasteiger partial charge in [0.1, 0.15) is 0 Å². The molecule has 8 nitrogen and oxygen atoms in total. The molecule has 7 N–H and O–H groups in total. The van der Waals surface area contributed by atoms with Crippen molar-refractivity contribution in [1.82, 2.24) is 36.4 Å². The number of hydrogen-bond donors (Lipinski definition) is 6. The maximum absolute atomic E-state index is 5.57. The lowest BCUT2D eigenvalue weighted by Gasteiger charge is -2.24. The third kappa shape index (κ3) is 20.7. The Morgan fingerprint density at radius 2 is 0.862 bits per heavy atom. The molecule has 176 valence electrons. The van der Waals surface area contributed by atoms with Gasteiger partial charge in [0.25, 0.3) is 0 Å². The molecule has 0 fully saturated rings. The first kappa shape index (κ1) is 28.7. The quantitative estimate of drug-likeness (QED) is 0.111. The second-order valence-corrected chi connectivity index (χ2v) is 7.43. The van der Waals surface area contributed by atoms with Gasteiger partial charge in [0.15, 0.2) is 0 Å². The summed E-state index contributed by atoms with van der Waals surface area (Å²) < 4.78 is 0. The van der Waals surface area contributed by atoms with Crippen molar-refractivity contribution < 1.29 is 0 Å². The molecule has 8 heteroatoms. The van der Waals surface area contributed by atoms with E-state index in [2.05, 4.69) is 57.2 Å². The van der Waals surface area contributed by atoms with Crippen LogP contribution in [0.2, 0.25) is 0 Å². The van der Waals surface area contributed by atoms with E-state index in [9.17, 15) is 0 Å². The molecule has 0 aliphatic rings. The Balaban J connectivity index is 3.97. The molecule has 0 unspecified atom stereocenters. The van der Waals surface area contributed by atoms with Gasteiger partial charge in [0, 0.05) is 91.6 Å². The Hall–Kier alpha value is -0.320. The van der Waals surface area contributed by atoms with Crippen LogP contribution in [0.15, 0.2) is 0 Å². The number of rotatable bonds is 24. The molecule has 0 aromatic carbocycles. The molecule has 29 heavy (non-hydrogen) atoms. The second-order valence-electron chi connectivity index (χ2n) is 7.43. The van der Waals surface area contributed by atoms with E-state index in [4.69, 9.17) is 5.73 Å². The van der Waals surface area contributed by atoms with Gasteiger partial charge in [0.2, 0.25) is 0 Å². The minimum atomic E-state index is 0.704. The van der Waals surface area contributed by atoms with Crippen LogP contribution >= 0.6 is 0 Å². The van der Waals surface area contributed by atoms with Crippen molar-refractivity contribution in [3.05, 3.63) is 0 Å². The lowest BCUT2D eigenvalue weighted by molar-refractivity contribution is 0.257. The van der Waals surface area contributed by atoms with E-state index in [0.717, 1.165) is 98.2 Å². The summed E-state index contributed by atoms with van der Waals surface area (Å²) in [6.07, 6.45) is 1.22. The van der Waals surface area contributed by atoms with Crippen LogP contribution in [0.25, 0.3) is 0 Å². The third-order valence-electron chi connectivity index (χ3n) is 4.86. The lowest BCUT2D eigenvalue weighted by atomic mass is 10.3. The predicted molar refractivity (Wildman–Crippen MR) is 128 cm³/mol. The minimum Gasteiger partial charge on any atom is -0.329 e. The van der Waals surface area contributed by atoms with Gasteiger partial charge < -0.3 is 37.2 Å². The fourth-order valence-electron chi connectivity index (χ4n) is 3.18. The predicted octanol–water partition coefficient (Wildman–Crippen LogP) is -1.05. The monoisotopic (exact) mass is 416 g/mol. The number of nitrogens with one attached hydrogen (secondary N) is 5. The molecule has 0 saturated carbocycles. The average molecular weight is 417 g/mol. The molecule has 0 amide bonds. The smallest absolute Gasteiger partial charge is 0.0108 e. The van der Waals surface area contributed by atoms with Crippen molar-refractivity contribution in [1.29, 1.82) is 0 Å². The summed E-state index contributed by atoms with van der Waals surface area (Å²) in [4.78, 5) is 5.09. The first-order chi connectivity index (χ1) is 14.3. The van der Waals surface area contributed by atoms with Gasteiger partial charge in [-0.05, 0) is 26.1 Å². The van der Waals surface area contributed by atoms with Crippen molar-refractivity contribution >= 4 is 0 Å². The molecule has 0 saturated heterocycles. The molecular formula is C21H52N8. The zero-order chi connectivity index (χ0) is 21.4. The van der Waals surface area contributed by atoms with Crippen molar-refractivity contribution in [3.8, 4) is 0 Å². The van der Waals surface area contributed by atoms with Gasteiger partial charge in [-0.2, -0.15) is 0 Å². The topological polar surface area (TPSA) is 92.7 Å². The van der Waals surface area contributed by atoms with Gasteiger partial charge in [0.05, 0.1) is 0 Å². The Bertz CT molecular complexity index is 306. The molecule has 0 heterocycles. The molecule has 0 rings (SSSR count). The molecule has 0 atom stereocenters. The highest BCUT2D eigenvalue weighted by molar-refractivity contribution is 4.66. The van der Waals surface area contributed by atoms with Crippen LogP contribution < -0.4 is 32.3 Å². The molecule has 0 aliphatic heterocycles. The molecule has 0 aromatic rings. The second kappa shape index (κ2) is 24.0. The van der Waals surface area contributed by atoms with Crippen molar-refractivity contribution in [2.24, 2.45) is 5.73 Å². The van der Waals surface area contributed by atoms with E-state index in [1.54, 1.807) is 0 Å². The average Bonchev–Trinajstić information content (AvgIpc) is 2.72. The normalized spacial score (nSPS) is 11.8. The molecular weight excluding hydrogens is 364 g/mol. The van der Waals surface area contributed by atoms with E-state index < -0.39 is 0 Å². The van der Waals surface area contributed by atoms with E-state index in [1.807, 2.05) is 0 Å². The zero-order valence-corrected chi connectivity index (χ0v) is 19.7.